The Bertz CT molecular complexity index is 1590. The number of nitrogens with zero attached hydrogens (tertiary/aromatic N) is 4. The maximum atomic E-state index is 13.0. The van der Waals surface area contributed by atoms with Gasteiger partial charge in [-0.15, -0.1) is 0 Å². The Kier molecular flexibility index (Phi) is 7.33. The molecule has 1 aromatic heterocycles. The second kappa shape index (κ2) is 11.1. The molecule has 0 bridgehead atoms. The zero-order chi connectivity index (χ0) is 27.8. The monoisotopic (exact) mass is 603 g/mol. The van der Waals surface area contributed by atoms with Crippen molar-refractivity contribution in [3.63, 3.8) is 0 Å². The van der Waals surface area contributed by atoms with E-state index in [-0.39, 0.29) is 11.8 Å². The molecule has 206 valence electrons. The highest BCUT2D eigenvalue weighted by Crippen LogP contribution is 2.35. The number of aromatic hydroxyl groups is 1. The Morgan fingerprint density at radius 1 is 1.07 bits per heavy atom. The van der Waals surface area contributed by atoms with E-state index in [2.05, 4.69) is 37.8 Å². The van der Waals surface area contributed by atoms with Gasteiger partial charge in [-0.25, -0.2) is 4.99 Å². The minimum Gasteiger partial charge on any atom is -0.494 e. The van der Waals surface area contributed by atoms with Crippen LogP contribution in [0.5, 0.6) is 11.6 Å². The van der Waals surface area contributed by atoms with E-state index in [1.165, 1.54) is 0 Å². The van der Waals surface area contributed by atoms with Gasteiger partial charge in [0.25, 0.3) is 0 Å². The second-order valence-corrected chi connectivity index (χ2v) is 11.1. The fraction of sp³-hybridized carbons (Fsp3) is 0.267. The summed E-state index contributed by atoms with van der Waals surface area (Å²) in [5.74, 6) is 0.704. The van der Waals surface area contributed by atoms with Crippen LogP contribution < -0.4 is 9.79 Å². The zero-order valence-corrected chi connectivity index (χ0v) is 23.9. The van der Waals surface area contributed by atoms with Gasteiger partial charge < -0.3 is 24.8 Å². The van der Waals surface area contributed by atoms with Crippen LogP contribution in [-0.2, 0) is 16.3 Å². The third-order valence-corrected chi connectivity index (χ3v) is 7.98. The quantitative estimate of drug-likeness (QED) is 0.242. The number of aromatic amines is 1. The number of benzene rings is 3. The van der Waals surface area contributed by atoms with E-state index >= 15 is 0 Å². The molecule has 2 aliphatic rings. The summed E-state index contributed by atoms with van der Waals surface area (Å²) in [4.78, 5) is 37.7. The molecule has 2 N–H and O–H groups in total. The SMILES string of the molecule is CN1CCN(CC(=O)N(C)c2ccc(N=C(c3ccc4c(c3)OOC4)c3c(O)[nH]c4cc(Br)ccc34)cc2)CC1. The van der Waals surface area contributed by atoms with Crippen molar-refractivity contribution in [2.45, 2.75) is 6.61 Å². The maximum absolute atomic E-state index is 13.0. The number of hydrogen-bond acceptors (Lipinski definition) is 7. The van der Waals surface area contributed by atoms with E-state index in [4.69, 9.17) is 14.8 Å². The molecule has 3 heterocycles. The molecule has 0 saturated carbocycles. The van der Waals surface area contributed by atoms with Crippen molar-refractivity contribution in [1.82, 2.24) is 14.8 Å². The lowest BCUT2D eigenvalue weighted by atomic mass is 9.99. The van der Waals surface area contributed by atoms with E-state index in [1.54, 1.807) is 11.9 Å². The number of hydrogen-bond donors (Lipinski definition) is 2. The Labute approximate surface area is 240 Å². The van der Waals surface area contributed by atoms with Crippen LogP contribution in [0.15, 0.2) is 70.1 Å². The molecule has 3 aromatic carbocycles. The summed E-state index contributed by atoms with van der Waals surface area (Å²) in [6.07, 6.45) is 0. The highest BCUT2D eigenvalue weighted by molar-refractivity contribution is 9.10. The van der Waals surface area contributed by atoms with Crippen LogP contribution in [0.2, 0.25) is 0 Å². The summed E-state index contributed by atoms with van der Waals surface area (Å²) in [7, 11) is 3.91. The fourth-order valence-electron chi connectivity index (χ4n) is 5.04. The summed E-state index contributed by atoms with van der Waals surface area (Å²) >= 11 is 3.50. The molecule has 4 aromatic rings. The first-order valence-corrected chi connectivity index (χ1v) is 13.9. The summed E-state index contributed by atoms with van der Waals surface area (Å²) in [5, 5.41) is 11.8. The molecule has 0 radical (unpaired) electrons. The number of likely N-dealkylation sites (N-methyl/N-ethyl adjacent to an activating group) is 2. The molecular formula is C30H30BrN5O4. The molecule has 1 fully saturated rings. The normalized spacial score (nSPS) is 16.2. The van der Waals surface area contributed by atoms with Crippen LogP contribution in [0.4, 0.5) is 11.4 Å². The van der Waals surface area contributed by atoms with Gasteiger partial charge in [0.2, 0.25) is 5.91 Å². The number of amides is 1. The van der Waals surface area contributed by atoms with Crippen molar-refractivity contribution < 1.29 is 19.7 Å². The molecular weight excluding hydrogens is 574 g/mol. The van der Waals surface area contributed by atoms with Crippen LogP contribution in [0.3, 0.4) is 0 Å². The first-order chi connectivity index (χ1) is 19.4. The molecule has 40 heavy (non-hydrogen) atoms. The zero-order valence-electron chi connectivity index (χ0n) is 22.4. The summed E-state index contributed by atoms with van der Waals surface area (Å²) in [6.45, 7) is 4.51. The summed E-state index contributed by atoms with van der Waals surface area (Å²) in [5.41, 5.74) is 5.15. The molecule has 10 heteroatoms. The van der Waals surface area contributed by atoms with E-state index < -0.39 is 0 Å². The highest BCUT2D eigenvalue weighted by Gasteiger charge is 2.23. The number of H-pyrrole nitrogens is 1. The van der Waals surface area contributed by atoms with Gasteiger partial charge in [-0.2, -0.15) is 4.89 Å². The maximum Gasteiger partial charge on any atom is 0.240 e. The van der Waals surface area contributed by atoms with Crippen LogP contribution in [-0.4, -0.2) is 78.3 Å². The van der Waals surface area contributed by atoms with Crippen molar-refractivity contribution in [2.75, 3.05) is 51.7 Å². The number of aliphatic imine (C=N–C) groups is 1. The van der Waals surface area contributed by atoms with E-state index in [0.29, 0.717) is 35.9 Å². The Morgan fingerprint density at radius 3 is 2.62 bits per heavy atom. The van der Waals surface area contributed by atoms with Crippen LogP contribution in [0.25, 0.3) is 10.9 Å². The number of carbonyl (C=O) groups is 1. The predicted molar refractivity (Wildman–Crippen MR) is 159 cm³/mol. The van der Waals surface area contributed by atoms with Crippen molar-refractivity contribution in [1.29, 1.82) is 0 Å². The lowest BCUT2D eigenvalue weighted by Gasteiger charge is -2.32. The molecule has 0 unspecified atom stereocenters. The van der Waals surface area contributed by atoms with Crippen molar-refractivity contribution in [3.8, 4) is 11.6 Å². The van der Waals surface area contributed by atoms with Gasteiger partial charge in [-0.3, -0.25) is 9.69 Å². The number of halogens is 1. The minimum absolute atomic E-state index is 0.0235. The number of aromatic nitrogens is 1. The van der Waals surface area contributed by atoms with Gasteiger partial charge in [0.15, 0.2) is 11.6 Å². The second-order valence-electron chi connectivity index (χ2n) is 10.2. The molecule has 1 saturated heterocycles. The number of carbonyl (C=O) groups excluding carboxylic acids is 1. The first-order valence-electron chi connectivity index (χ1n) is 13.2. The average Bonchev–Trinajstić information content (AvgIpc) is 3.55. The first kappa shape index (κ1) is 26.5. The fourth-order valence-corrected chi connectivity index (χ4v) is 5.40. The molecule has 0 spiro atoms. The van der Waals surface area contributed by atoms with Crippen molar-refractivity contribution >= 4 is 49.8 Å². The van der Waals surface area contributed by atoms with Gasteiger partial charge in [0.05, 0.1) is 29.0 Å². The number of nitrogens with one attached hydrogen (secondary N) is 1. The minimum atomic E-state index is 0.0235. The Balaban J connectivity index is 1.32. The highest BCUT2D eigenvalue weighted by atomic mass is 79.9. The molecule has 6 rings (SSSR count). The van der Waals surface area contributed by atoms with Gasteiger partial charge in [0, 0.05) is 59.9 Å². The van der Waals surface area contributed by atoms with Gasteiger partial charge >= 0.3 is 0 Å². The summed E-state index contributed by atoms with van der Waals surface area (Å²) in [6, 6.07) is 19.1. The summed E-state index contributed by atoms with van der Waals surface area (Å²) < 4.78 is 0.899. The molecule has 9 nitrogen and oxygen atoms in total. The lowest BCUT2D eigenvalue weighted by Crippen LogP contribution is -2.48. The van der Waals surface area contributed by atoms with Crippen molar-refractivity contribution in [2.24, 2.45) is 4.99 Å². The van der Waals surface area contributed by atoms with Gasteiger partial charge in [-0.05, 0) is 49.5 Å². The van der Waals surface area contributed by atoms with E-state index in [1.807, 2.05) is 60.7 Å². The van der Waals surface area contributed by atoms with E-state index in [0.717, 1.165) is 58.4 Å². The Hall–Kier alpha value is -3.70. The topological polar surface area (TPSA) is 93.6 Å². The average molecular weight is 605 g/mol. The molecule has 0 atom stereocenters. The lowest BCUT2D eigenvalue weighted by molar-refractivity contribution is -0.194. The number of anilines is 1. The standard InChI is InChI=1S/C30H30BrN5O4/c1-34-11-13-36(14-12-34)17-27(37)35(2)23-8-6-22(7-9-23)32-29(19-3-4-20-18-39-40-26(20)15-19)28-24-10-5-21(31)16-25(24)33-30(28)38/h3-10,15-16,33,38H,11-14,17-18H2,1-2H3. The smallest absolute Gasteiger partial charge is 0.240 e. The van der Waals surface area contributed by atoms with Crippen LogP contribution in [0, 0.1) is 0 Å². The molecule has 1 amide bonds. The van der Waals surface area contributed by atoms with Crippen molar-refractivity contribution in [3.05, 3.63) is 81.8 Å². The largest absolute Gasteiger partial charge is 0.494 e. The van der Waals surface area contributed by atoms with Gasteiger partial charge in [-0.1, -0.05) is 34.1 Å². The molecule has 2 aliphatic heterocycles. The van der Waals surface area contributed by atoms with Gasteiger partial charge in [0.1, 0.15) is 6.61 Å². The predicted octanol–water partition coefficient (Wildman–Crippen LogP) is 4.84. The van der Waals surface area contributed by atoms with Crippen LogP contribution in [0.1, 0.15) is 16.7 Å². The molecule has 0 aliphatic carbocycles. The number of piperazine rings is 1. The number of rotatable bonds is 6. The third-order valence-electron chi connectivity index (χ3n) is 7.49. The number of fused-ring (bicyclic) bond motifs is 2. The van der Waals surface area contributed by atoms with E-state index in [9.17, 15) is 9.90 Å². The van der Waals surface area contributed by atoms with Crippen LogP contribution >= 0.6 is 15.9 Å². The Morgan fingerprint density at radius 2 is 1.85 bits per heavy atom. The third kappa shape index (κ3) is 5.35.